The number of rotatable bonds is 1. The number of likely N-dealkylation sites (tertiary alicyclic amines) is 1. The van der Waals surface area contributed by atoms with Gasteiger partial charge in [0.2, 0.25) is 0 Å². The monoisotopic (exact) mass is 153 g/mol. The van der Waals surface area contributed by atoms with E-state index in [1.165, 1.54) is 0 Å². The molecular formula is C9H15NO. The zero-order valence-electron chi connectivity index (χ0n) is 7.17. The predicted molar refractivity (Wildman–Crippen MR) is 45.1 cm³/mol. The van der Waals surface area contributed by atoms with E-state index in [-0.39, 0.29) is 12.1 Å². The van der Waals surface area contributed by atoms with Crippen molar-refractivity contribution in [2.75, 3.05) is 13.1 Å². The Labute approximate surface area is 68.2 Å². The fourth-order valence-corrected chi connectivity index (χ4v) is 1.39. The Bertz CT molecular complexity index is 180. The maximum Gasteiger partial charge on any atom is 0.0705 e. The van der Waals surface area contributed by atoms with Crippen LogP contribution < -0.4 is 0 Å². The van der Waals surface area contributed by atoms with Crippen molar-refractivity contribution in [1.29, 1.82) is 0 Å². The van der Waals surface area contributed by atoms with Crippen molar-refractivity contribution in [3.05, 3.63) is 0 Å². The molecule has 2 atom stereocenters. The minimum absolute atomic E-state index is 0.145. The van der Waals surface area contributed by atoms with Crippen molar-refractivity contribution >= 4 is 0 Å². The molecule has 1 saturated heterocycles. The van der Waals surface area contributed by atoms with E-state index in [9.17, 15) is 5.11 Å². The second-order valence-corrected chi connectivity index (χ2v) is 2.99. The average Bonchev–Trinajstić information content (AvgIpc) is 2.31. The van der Waals surface area contributed by atoms with Crippen LogP contribution in [0.3, 0.4) is 0 Å². The molecule has 2 nitrogen and oxygen atoms in total. The van der Waals surface area contributed by atoms with Crippen LogP contribution in [0.1, 0.15) is 20.3 Å². The maximum atomic E-state index is 9.38. The first-order chi connectivity index (χ1) is 5.25. The third-order valence-electron chi connectivity index (χ3n) is 2.30. The van der Waals surface area contributed by atoms with Crippen molar-refractivity contribution in [2.24, 2.45) is 0 Å². The Kier molecular flexibility index (Phi) is 2.92. The average molecular weight is 153 g/mol. The number of aliphatic hydroxyl groups is 1. The SMILES string of the molecule is CC#CCN1CC[C@@H](O)[C@@H]1C. The van der Waals surface area contributed by atoms with Crippen LogP contribution in [-0.4, -0.2) is 35.2 Å². The second kappa shape index (κ2) is 3.75. The molecule has 1 aliphatic heterocycles. The minimum atomic E-state index is -0.145. The van der Waals surface area contributed by atoms with Gasteiger partial charge >= 0.3 is 0 Å². The Morgan fingerprint density at radius 3 is 2.82 bits per heavy atom. The molecule has 0 aromatic carbocycles. The molecular weight excluding hydrogens is 138 g/mol. The predicted octanol–water partition coefficient (Wildman–Crippen LogP) is 0.465. The lowest BCUT2D eigenvalue weighted by atomic mass is 10.2. The summed E-state index contributed by atoms with van der Waals surface area (Å²) < 4.78 is 0. The molecule has 1 aliphatic rings. The summed E-state index contributed by atoms with van der Waals surface area (Å²) in [7, 11) is 0. The molecule has 0 aliphatic carbocycles. The molecule has 0 radical (unpaired) electrons. The normalized spacial score (nSPS) is 31.5. The van der Waals surface area contributed by atoms with Crippen LogP contribution in [0.2, 0.25) is 0 Å². The van der Waals surface area contributed by atoms with E-state index in [0.717, 1.165) is 19.5 Å². The first kappa shape index (κ1) is 8.58. The molecule has 1 fully saturated rings. The Balaban J connectivity index is 2.40. The zero-order chi connectivity index (χ0) is 8.27. The maximum absolute atomic E-state index is 9.38. The molecule has 0 aromatic rings. The molecule has 0 bridgehead atoms. The van der Waals surface area contributed by atoms with E-state index >= 15 is 0 Å². The van der Waals surface area contributed by atoms with E-state index in [1.54, 1.807) is 0 Å². The van der Waals surface area contributed by atoms with Crippen LogP contribution in [-0.2, 0) is 0 Å². The van der Waals surface area contributed by atoms with Gasteiger partial charge in [0.25, 0.3) is 0 Å². The van der Waals surface area contributed by atoms with Gasteiger partial charge in [-0.2, -0.15) is 0 Å². The summed E-state index contributed by atoms with van der Waals surface area (Å²) >= 11 is 0. The summed E-state index contributed by atoms with van der Waals surface area (Å²) in [5.41, 5.74) is 0. The van der Waals surface area contributed by atoms with Crippen LogP contribution in [0, 0.1) is 11.8 Å². The lowest BCUT2D eigenvalue weighted by molar-refractivity contribution is 0.132. The van der Waals surface area contributed by atoms with Crippen LogP contribution in [0.4, 0.5) is 0 Å². The lowest BCUT2D eigenvalue weighted by Gasteiger charge is -2.19. The van der Waals surface area contributed by atoms with Gasteiger partial charge in [-0.05, 0) is 20.3 Å². The number of nitrogens with zero attached hydrogens (tertiary/aromatic N) is 1. The molecule has 2 heteroatoms. The highest BCUT2D eigenvalue weighted by Crippen LogP contribution is 2.15. The van der Waals surface area contributed by atoms with Crippen molar-refractivity contribution in [1.82, 2.24) is 4.90 Å². The molecule has 1 N–H and O–H groups in total. The summed E-state index contributed by atoms with van der Waals surface area (Å²) in [6, 6.07) is 0.288. The molecule has 0 unspecified atom stereocenters. The van der Waals surface area contributed by atoms with Gasteiger partial charge in [-0.25, -0.2) is 0 Å². The summed E-state index contributed by atoms with van der Waals surface area (Å²) in [6.45, 7) is 5.68. The van der Waals surface area contributed by atoms with E-state index in [1.807, 2.05) is 6.92 Å². The standard InChI is InChI=1S/C9H15NO/c1-3-4-6-10-7-5-9(11)8(10)2/h8-9,11H,5-7H2,1-2H3/t8-,9+/m0/s1. The fourth-order valence-electron chi connectivity index (χ4n) is 1.39. The number of hydrogen-bond donors (Lipinski definition) is 1. The molecule has 62 valence electrons. The molecule has 1 heterocycles. The summed E-state index contributed by atoms with van der Waals surface area (Å²) in [4.78, 5) is 2.21. The molecule has 0 amide bonds. The van der Waals surface area contributed by atoms with Crippen LogP contribution >= 0.6 is 0 Å². The van der Waals surface area contributed by atoms with Gasteiger partial charge in [-0.15, -0.1) is 5.92 Å². The van der Waals surface area contributed by atoms with Gasteiger partial charge in [0.05, 0.1) is 12.6 Å². The van der Waals surface area contributed by atoms with Crippen LogP contribution in [0.5, 0.6) is 0 Å². The van der Waals surface area contributed by atoms with Gasteiger partial charge in [0.15, 0.2) is 0 Å². The minimum Gasteiger partial charge on any atom is -0.391 e. The van der Waals surface area contributed by atoms with Crippen molar-refractivity contribution in [3.8, 4) is 11.8 Å². The third kappa shape index (κ3) is 1.95. The molecule has 0 saturated carbocycles. The number of aliphatic hydroxyl groups excluding tert-OH is 1. The molecule has 1 rings (SSSR count). The van der Waals surface area contributed by atoms with Crippen LogP contribution in [0.15, 0.2) is 0 Å². The van der Waals surface area contributed by atoms with Crippen molar-refractivity contribution < 1.29 is 5.11 Å². The van der Waals surface area contributed by atoms with E-state index in [2.05, 4.69) is 23.7 Å². The highest BCUT2D eigenvalue weighted by atomic mass is 16.3. The second-order valence-electron chi connectivity index (χ2n) is 2.99. The first-order valence-electron chi connectivity index (χ1n) is 4.07. The van der Waals surface area contributed by atoms with Gasteiger partial charge in [-0.1, -0.05) is 5.92 Å². The smallest absolute Gasteiger partial charge is 0.0705 e. The van der Waals surface area contributed by atoms with Gasteiger partial charge < -0.3 is 5.11 Å². The van der Waals surface area contributed by atoms with Crippen LogP contribution in [0.25, 0.3) is 0 Å². The van der Waals surface area contributed by atoms with Gasteiger partial charge in [-0.3, -0.25) is 4.90 Å². The molecule has 0 aromatic heterocycles. The summed E-state index contributed by atoms with van der Waals surface area (Å²) in [6.07, 6.45) is 0.751. The third-order valence-corrected chi connectivity index (χ3v) is 2.30. The highest BCUT2D eigenvalue weighted by molar-refractivity contribution is 5.00. The molecule has 11 heavy (non-hydrogen) atoms. The van der Waals surface area contributed by atoms with E-state index < -0.39 is 0 Å². The van der Waals surface area contributed by atoms with E-state index in [0.29, 0.717) is 0 Å². The Morgan fingerprint density at radius 1 is 1.64 bits per heavy atom. The molecule has 0 spiro atoms. The zero-order valence-corrected chi connectivity index (χ0v) is 7.17. The Morgan fingerprint density at radius 2 is 2.36 bits per heavy atom. The lowest BCUT2D eigenvalue weighted by Crippen LogP contribution is -2.32. The Hall–Kier alpha value is -0.520. The number of hydrogen-bond acceptors (Lipinski definition) is 2. The summed E-state index contributed by atoms with van der Waals surface area (Å²) in [5, 5.41) is 9.38. The van der Waals surface area contributed by atoms with E-state index in [4.69, 9.17) is 0 Å². The largest absolute Gasteiger partial charge is 0.391 e. The first-order valence-corrected chi connectivity index (χ1v) is 4.07. The van der Waals surface area contributed by atoms with Gasteiger partial charge in [0, 0.05) is 12.6 Å². The quantitative estimate of drug-likeness (QED) is 0.553. The van der Waals surface area contributed by atoms with Crippen molar-refractivity contribution in [3.63, 3.8) is 0 Å². The topological polar surface area (TPSA) is 23.5 Å². The van der Waals surface area contributed by atoms with Crippen molar-refractivity contribution in [2.45, 2.75) is 32.4 Å². The highest BCUT2D eigenvalue weighted by Gasteiger charge is 2.27. The fraction of sp³-hybridized carbons (Fsp3) is 0.778. The van der Waals surface area contributed by atoms with Gasteiger partial charge in [0.1, 0.15) is 0 Å². The summed E-state index contributed by atoms with van der Waals surface area (Å²) in [5.74, 6) is 5.86.